The first-order valence-electron chi connectivity index (χ1n) is 10.3. The number of carbonyl (C=O) groups excluding carboxylic acids is 2. The van der Waals surface area contributed by atoms with Gasteiger partial charge in [-0.25, -0.2) is 10.2 Å². The van der Waals surface area contributed by atoms with E-state index >= 15 is 0 Å². The molecule has 0 saturated heterocycles. The zero-order valence-electron chi connectivity index (χ0n) is 17.8. The van der Waals surface area contributed by atoms with Gasteiger partial charge >= 0.3 is 5.97 Å². The number of rotatable bonds is 7. The first kappa shape index (κ1) is 23.7. The number of nitrogens with one attached hydrogen (secondary N) is 2. The number of halogens is 2. The van der Waals surface area contributed by atoms with Gasteiger partial charge in [0.2, 0.25) is 0 Å². The number of ether oxygens (including phenoxy) is 1. The van der Waals surface area contributed by atoms with Crippen LogP contribution < -0.4 is 15.5 Å². The van der Waals surface area contributed by atoms with Crippen LogP contribution in [0.2, 0.25) is 0 Å². The van der Waals surface area contributed by atoms with Gasteiger partial charge in [-0.3, -0.25) is 4.79 Å². The number of benzene rings is 4. The molecule has 0 unspecified atom stereocenters. The largest absolute Gasteiger partial charge is 0.421 e. The van der Waals surface area contributed by atoms with Gasteiger partial charge in [-0.2, -0.15) is 5.10 Å². The maximum Gasteiger partial charge on any atom is 0.343 e. The van der Waals surface area contributed by atoms with Crippen molar-refractivity contribution in [3.63, 3.8) is 0 Å². The molecule has 4 rings (SSSR count). The standard InChI is InChI=1S/C26H19Br2N3O3/c27-21-12-20(25(23(28)14-21)34-26(33)18-7-2-1-3-8-18)15-30-31-24(32)16-29-22-11-10-17-6-4-5-9-19(17)13-22/h1-15,29H,16H2,(H,31,32). The predicted molar refractivity (Wildman–Crippen MR) is 141 cm³/mol. The van der Waals surface area contributed by atoms with Gasteiger partial charge in [0.15, 0.2) is 5.75 Å². The summed E-state index contributed by atoms with van der Waals surface area (Å²) in [4.78, 5) is 24.8. The Hall–Kier alpha value is -3.49. The maximum atomic E-state index is 12.5. The van der Waals surface area contributed by atoms with Gasteiger partial charge in [-0.05, 0) is 63.1 Å². The van der Waals surface area contributed by atoms with E-state index in [-0.39, 0.29) is 12.5 Å². The molecule has 4 aromatic rings. The van der Waals surface area contributed by atoms with Crippen LogP contribution in [0.25, 0.3) is 10.8 Å². The van der Waals surface area contributed by atoms with Crippen LogP contribution in [0.5, 0.6) is 5.75 Å². The number of fused-ring (bicyclic) bond motifs is 1. The number of nitrogens with zero attached hydrogens (tertiary/aromatic N) is 1. The van der Waals surface area contributed by atoms with Gasteiger partial charge in [0.05, 0.1) is 22.8 Å². The van der Waals surface area contributed by atoms with E-state index in [4.69, 9.17) is 4.74 Å². The average molecular weight is 581 g/mol. The van der Waals surface area contributed by atoms with E-state index in [1.165, 1.54) is 6.21 Å². The number of hydrazone groups is 1. The van der Waals surface area contributed by atoms with Crippen molar-refractivity contribution in [1.29, 1.82) is 0 Å². The molecular weight excluding hydrogens is 562 g/mol. The van der Waals surface area contributed by atoms with Crippen molar-refractivity contribution in [1.82, 2.24) is 5.43 Å². The molecule has 0 fully saturated rings. The Labute approximate surface area is 213 Å². The topological polar surface area (TPSA) is 79.8 Å². The fourth-order valence-electron chi connectivity index (χ4n) is 3.20. The molecule has 0 saturated carbocycles. The highest BCUT2D eigenvalue weighted by Crippen LogP contribution is 2.32. The molecule has 0 spiro atoms. The van der Waals surface area contributed by atoms with Crippen LogP contribution in [-0.4, -0.2) is 24.6 Å². The minimum absolute atomic E-state index is 0.0493. The van der Waals surface area contributed by atoms with Gasteiger partial charge < -0.3 is 10.1 Å². The van der Waals surface area contributed by atoms with E-state index in [0.29, 0.717) is 21.3 Å². The van der Waals surface area contributed by atoms with E-state index in [1.54, 1.807) is 36.4 Å². The summed E-state index contributed by atoms with van der Waals surface area (Å²) >= 11 is 6.84. The number of amides is 1. The third kappa shape index (κ3) is 6.09. The molecule has 2 N–H and O–H groups in total. The first-order chi connectivity index (χ1) is 16.5. The second-order valence-corrected chi connectivity index (χ2v) is 9.04. The Kier molecular flexibility index (Phi) is 7.72. The molecule has 8 heteroatoms. The molecule has 170 valence electrons. The molecule has 0 aliphatic heterocycles. The Bertz CT molecular complexity index is 1370. The van der Waals surface area contributed by atoms with E-state index in [2.05, 4.69) is 47.7 Å². The lowest BCUT2D eigenvalue weighted by Crippen LogP contribution is -2.25. The number of esters is 1. The normalized spacial score (nSPS) is 10.9. The summed E-state index contributed by atoms with van der Waals surface area (Å²) in [6, 6.07) is 26.1. The average Bonchev–Trinajstić information content (AvgIpc) is 2.85. The maximum absolute atomic E-state index is 12.5. The number of carbonyl (C=O) groups is 2. The van der Waals surface area contributed by atoms with Crippen LogP contribution in [0.3, 0.4) is 0 Å². The summed E-state index contributed by atoms with van der Waals surface area (Å²) in [5.41, 5.74) is 4.26. The number of hydrogen-bond donors (Lipinski definition) is 2. The first-order valence-corrected chi connectivity index (χ1v) is 11.9. The fourth-order valence-corrected chi connectivity index (χ4v) is 4.54. The highest BCUT2D eigenvalue weighted by atomic mass is 79.9. The monoisotopic (exact) mass is 579 g/mol. The molecule has 0 atom stereocenters. The Morgan fingerprint density at radius 3 is 2.41 bits per heavy atom. The van der Waals surface area contributed by atoms with Crippen molar-refractivity contribution in [2.24, 2.45) is 5.10 Å². The molecule has 0 aromatic heterocycles. The van der Waals surface area contributed by atoms with Crippen LogP contribution in [0.15, 0.2) is 99.0 Å². The Morgan fingerprint density at radius 2 is 1.62 bits per heavy atom. The summed E-state index contributed by atoms with van der Waals surface area (Å²) in [6.07, 6.45) is 1.43. The summed E-state index contributed by atoms with van der Waals surface area (Å²) in [7, 11) is 0. The molecule has 0 aliphatic carbocycles. The van der Waals surface area contributed by atoms with Crippen LogP contribution in [0.4, 0.5) is 5.69 Å². The lowest BCUT2D eigenvalue weighted by molar-refractivity contribution is -0.119. The third-order valence-corrected chi connectivity index (χ3v) is 5.88. The van der Waals surface area contributed by atoms with Crippen LogP contribution in [-0.2, 0) is 4.79 Å². The predicted octanol–water partition coefficient (Wildman–Crippen LogP) is 6.15. The molecular formula is C26H19Br2N3O3. The van der Waals surface area contributed by atoms with Crippen molar-refractivity contribution in [2.45, 2.75) is 0 Å². The van der Waals surface area contributed by atoms with E-state index < -0.39 is 5.97 Å². The highest BCUT2D eigenvalue weighted by molar-refractivity contribution is 9.11. The highest BCUT2D eigenvalue weighted by Gasteiger charge is 2.15. The molecule has 6 nitrogen and oxygen atoms in total. The second kappa shape index (κ2) is 11.1. The van der Waals surface area contributed by atoms with Crippen LogP contribution in [0.1, 0.15) is 15.9 Å². The molecule has 0 aliphatic rings. The molecule has 0 radical (unpaired) electrons. The van der Waals surface area contributed by atoms with Crippen LogP contribution >= 0.6 is 31.9 Å². The minimum atomic E-state index is -0.498. The van der Waals surface area contributed by atoms with Crippen molar-refractivity contribution >= 4 is 66.4 Å². The van der Waals surface area contributed by atoms with Crippen molar-refractivity contribution in [3.05, 3.63) is 105 Å². The van der Waals surface area contributed by atoms with E-state index in [9.17, 15) is 9.59 Å². The van der Waals surface area contributed by atoms with Gasteiger partial charge in [0.25, 0.3) is 5.91 Å². The van der Waals surface area contributed by atoms with Crippen LogP contribution in [0, 0.1) is 0 Å². The van der Waals surface area contributed by atoms with Gasteiger partial charge in [-0.15, -0.1) is 0 Å². The lowest BCUT2D eigenvalue weighted by atomic mass is 10.1. The lowest BCUT2D eigenvalue weighted by Gasteiger charge is -2.10. The molecule has 0 heterocycles. The smallest absolute Gasteiger partial charge is 0.343 e. The number of hydrogen-bond acceptors (Lipinski definition) is 5. The van der Waals surface area contributed by atoms with Gasteiger partial charge in [-0.1, -0.05) is 64.5 Å². The number of anilines is 1. The quantitative estimate of drug-likeness (QED) is 0.119. The summed E-state index contributed by atoms with van der Waals surface area (Å²) in [5, 5.41) is 9.34. The van der Waals surface area contributed by atoms with E-state index in [1.807, 2.05) is 48.5 Å². The zero-order chi connectivity index (χ0) is 23.9. The molecule has 0 bridgehead atoms. The van der Waals surface area contributed by atoms with Crippen molar-refractivity contribution in [2.75, 3.05) is 11.9 Å². The summed E-state index contributed by atoms with van der Waals surface area (Å²) < 4.78 is 6.91. The molecule has 4 aromatic carbocycles. The SMILES string of the molecule is O=C(CNc1ccc2ccccc2c1)NN=Cc1cc(Br)cc(Br)c1OC(=O)c1ccccc1. The van der Waals surface area contributed by atoms with E-state index in [0.717, 1.165) is 20.9 Å². The fraction of sp³-hybridized carbons (Fsp3) is 0.0385. The summed E-state index contributed by atoms with van der Waals surface area (Å²) in [5.74, 6) is -0.521. The minimum Gasteiger partial charge on any atom is -0.421 e. The second-order valence-electron chi connectivity index (χ2n) is 7.27. The molecule has 34 heavy (non-hydrogen) atoms. The van der Waals surface area contributed by atoms with Crippen molar-refractivity contribution in [3.8, 4) is 5.75 Å². The zero-order valence-corrected chi connectivity index (χ0v) is 21.0. The van der Waals surface area contributed by atoms with Gasteiger partial charge in [0.1, 0.15) is 0 Å². The Balaban J connectivity index is 1.40. The van der Waals surface area contributed by atoms with Crippen molar-refractivity contribution < 1.29 is 14.3 Å². The summed E-state index contributed by atoms with van der Waals surface area (Å²) in [6.45, 7) is 0.0493. The van der Waals surface area contributed by atoms with Gasteiger partial charge in [0, 0.05) is 15.7 Å². The Morgan fingerprint density at radius 1 is 0.882 bits per heavy atom. The molecule has 1 amide bonds. The third-order valence-electron chi connectivity index (χ3n) is 4.84.